The average molecular weight is 220 g/mol. The Morgan fingerprint density at radius 3 is 2.75 bits per heavy atom. The van der Waals surface area contributed by atoms with Crippen LogP contribution in [0, 0.1) is 5.41 Å². The maximum Gasteiger partial charge on any atom is 0.213 e. The minimum absolute atomic E-state index is 0.428. The Morgan fingerprint density at radius 1 is 1.44 bits per heavy atom. The van der Waals surface area contributed by atoms with Crippen LogP contribution in [-0.4, -0.2) is 11.6 Å². The van der Waals surface area contributed by atoms with E-state index in [2.05, 4.69) is 11.9 Å². The van der Waals surface area contributed by atoms with Gasteiger partial charge in [-0.25, -0.2) is 4.98 Å². The SMILES string of the molecule is CCCC1(COc2ccc(N)cn2)CCC1. The van der Waals surface area contributed by atoms with Gasteiger partial charge in [0.25, 0.3) is 0 Å². The molecule has 0 aliphatic heterocycles. The molecule has 1 aromatic rings. The third-order valence-electron chi connectivity index (χ3n) is 3.48. The second-order valence-corrected chi connectivity index (χ2v) is 4.82. The Balaban J connectivity index is 1.88. The molecule has 0 radical (unpaired) electrons. The highest BCUT2D eigenvalue weighted by atomic mass is 16.5. The van der Waals surface area contributed by atoms with Gasteiger partial charge in [-0.1, -0.05) is 19.8 Å². The number of pyridine rings is 1. The van der Waals surface area contributed by atoms with Gasteiger partial charge in [0.1, 0.15) is 0 Å². The van der Waals surface area contributed by atoms with Gasteiger partial charge in [0, 0.05) is 11.5 Å². The van der Waals surface area contributed by atoms with Crippen molar-refractivity contribution in [2.24, 2.45) is 5.41 Å². The Labute approximate surface area is 97.0 Å². The van der Waals surface area contributed by atoms with Gasteiger partial charge in [-0.15, -0.1) is 0 Å². The van der Waals surface area contributed by atoms with E-state index in [4.69, 9.17) is 10.5 Å². The normalized spacial score (nSPS) is 17.8. The van der Waals surface area contributed by atoms with Gasteiger partial charge in [0.2, 0.25) is 5.88 Å². The van der Waals surface area contributed by atoms with Crippen LogP contribution < -0.4 is 10.5 Å². The van der Waals surface area contributed by atoms with Crippen LogP contribution in [0.3, 0.4) is 0 Å². The third kappa shape index (κ3) is 2.46. The summed E-state index contributed by atoms with van der Waals surface area (Å²) in [5.41, 5.74) is 6.68. The number of hydrogen-bond acceptors (Lipinski definition) is 3. The Bertz CT molecular complexity index is 330. The molecule has 1 aliphatic carbocycles. The second-order valence-electron chi connectivity index (χ2n) is 4.82. The first-order chi connectivity index (χ1) is 7.74. The average Bonchev–Trinajstić information content (AvgIpc) is 2.24. The third-order valence-corrected chi connectivity index (χ3v) is 3.48. The standard InChI is InChI=1S/C13H20N2O/c1-2-6-13(7-3-8-13)10-16-12-5-4-11(14)9-15-12/h4-5,9H,2-3,6-8,10,14H2,1H3. The molecule has 1 heterocycles. The van der Waals surface area contributed by atoms with Crippen LogP contribution in [-0.2, 0) is 0 Å². The van der Waals surface area contributed by atoms with Crippen molar-refractivity contribution in [2.75, 3.05) is 12.3 Å². The Morgan fingerprint density at radius 2 is 2.25 bits per heavy atom. The van der Waals surface area contributed by atoms with Crippen molar-refractivity contribution in [1.29, 1.82) is 0 Å². The molecule has 0 aromatic carbocycles. The molecule has 2 N–H and O–H groups in total. The van der Waals surface area contributed by atoms with Crippen LogP contribution in [0.2, 0.25) is 0 Å². The zero-order chi connectivity index (χ0) is 11.4. The fourth-order valence-corrected chi connectivity index (χ4v) is 2.38. The lowest BCUT2D eigenvalue weighted by Crippen LogP contribution is -2.35. The van der Waals surface area contributed by atoms with Gasteiger partial charge in [0.05, 0.1) is 18.5 Å². The van der Waals surface area contributed by atoms with E-state index in [1.807, 2.05) is 12.1 Å². The van der Waals surface area contributed by atoms with E-state index in [0.717, 1.165) is 6.61 Å². The van der Waals surface area contributed by atoms with Crippen molar-refractivity contribution in [1.82, 2.24) is 4.98 Å². The lowest BCUT2D eigenvalue weighted by Gasteiger charge is -2.41. The molecule has 1 saturated carbocycles. The van der Waals surface area contributed by atoms with E-state index in [-0.39, 0.29) is 0 Å². The van der Waals surface area contributed by atoms with E-state index >= 15 is 0 Å². The van der Waals surface area contributed by atoms with E-state index in [1.165, 1.54) is 32.1 Å². The predicted molar refractivity (Wildman–Crippen MR) is 65.3 cm³/mol. The van der Waals surface area contributed by atoms with Crippen LogP contribution in [0.15, 0.2) is 18.3 Å². The summed E-state index contributed by atoms with van der Waals surface area (Å²) in [6.07, 6.45) is 8.09. The largest absolute Gasteiger partial charge is 0.477 e. The molecule has 0 amide bonds. The molecule has 88 valence electrons. The molecule has 3 heteroatoms. The molecule has 0 unspecified atom stereocenters. The maximum atomic E-state index is 5.75. The summed E-state index contributed by atoms with van der Waals surface area (Å²) in [4.78, 5) is 4.15. The summed E-state index contributed by atoms with van der Waals surface area (Å²) in [5, 5.41) is 0. The summed E-state index contributed by atoms with van der Waals surface area (Å²) in [6, 6.07) is 3.67. The van der Waals surface area contributed by atoms with Crippen LogP contribution in [0.4, 0.5) is 5.69 Å². The molecular weight excluding hydrogens is 200 g/mol. The predicted octanol–water partition coefficient (Wildman–Crippen LogP) is 3.01. The smallest absolute Gasteiger partial charge is 0.213 e. The van der Waals surface area contributed by atoms with E-state index in [1.54, 1.807) is 6.20 Å². The number of nitrogens with two attached hydrogens (primary N) is 1. The minimum atomic E-state index is 0.428. The summed E-state index contributed by atoms with van der Waals surface area (Å²) in [5.74, 6) is 0.691. The van der Waals surface area contributed by atoms with Gasteiger partial charge < -0.3 is 10.5 Å². The number of nitrogens with zero attached hydrogens (tertiary/aromatic N) is 1. The van der Waals surface area contributed by atoms with Gasteiger partial charge >= 0.3 is 0 Å². The van der Waals surface area contributed by atoms with Crippen molar-refractivity contribution in [2.45, 2.75) is 39.0 Å². The van der Waals surface area contributed by atoms with Gasteiger partial charge in [-0.3, -0.25) is 0 Å². The van der Waals surface area contributed by atoms with Gasteiger partial charge in [-0.05, 0) is 25.3 Å². The molecule has 0 atom stereocenters. The summed E-state index contributed by atoms with van der Waals surface area (Å²) >= 11 is 0. The van der Waals surface area contributed by atoms with Crippen molar-refractivity contribution >= 4 is 5.69 Å². The van der Waals surface area contributed by atoms with Gasteiger partial charge in [-0.2, -0.15) is 0 Å². The van der Waals surface area contributed by atoms with Gasteiger partial charge in [0.15, 0.2) is 0 Å². The molecular formula is C13H20N2O. The molecule has 2 rings (SSSR count). The van der Waals surface area contributed by atoms with E-state index in [0.29, 0.717) is 17.0 Å². The zero-order valence-corrected chi connectivity index (χ0v) is 9.91. The maximum absolute atomic E-state index is 5.75. The number of ether oxygens (including phenoxy) is 1. The quantitative estimate of drug-likeness (QED) is 0.829. The van der Waals surface area contributed by atoms with Crippen molar-refractivity contribution in [3.8, 4) is 5.88 Å². The summed E-state index contributed by atoms with van der Waals surface area (Å²) < 4.78 is 5.75. The Hall–Kier alpha value is -1.25. The number of hydrogen-bond donors (Lipinski definition) is 1. The molecule has 1 fully saturated rings. The number of rotatable bonds is 5. The molecule has 1 aliphatic rings. The summed E-state index contributed by atoms with van der Waals surface area (Å²) in [7, 11) is 0. The summed E-state index contributed by atoms with van der Waals surface area (Å²) in [6.45, 7) is 3.04. The number of nitrogen functional groups attached to an aromatic ring is 1. The Kier molecular flexibility index (Phi) is 3.32. The molecule has 0 spiro atoms. The van der Waals surface area contributed by atoms with E-state index in [9.17, 15) is 0 Å². The second kappa shape index (κ2) is 4.73. The molecule has 16 heavy (non-hydrogen) atoms. The lowest BCUT2D eigenvalue weighted by atomic mass is 9.67. The first-order valence-corrected chi connectivity index (χ1v) is 6.08. The van der Waals surface area contributed by atoms with Crippen LogP contribution in [0.1, 0.15) is 39.0 Å². The van der Waals surface area contributed by atoms with E-state index < -0.39 is 0 Å². The minimum Gasteiger partial charge on any atom is -0.477 e. The first-order valence-electron chi connectivity index (χ1n) is 6.08. The van der Waals surface area contributed by atoms with Crippen molar-refractivity contribution < 1.29 is 4.74 Å². The van der Waals surface area contributed by atoms with Crippen molar-refractivity contribution in [3.05, 3.63) is 18.3 Å². The zero-order valence-electron chi connectivity index (χ0n) is 9.91. The fourth-order valence-electron chi connectivity index (χ4n) is 2.38. The molecule has 3 nitrogen and oxygen atoms in total. The monoisotopic (exact) mass is 220 g/mol. The first kappa shape index (κ1) is 11.2. The molecule has 1 aromatic heterocycles. The molecule has 0 bridgehead atoms. The van der Waals surface area contributed by atoms with Crippen molar-refractivity contribution in [3.63, 3.8) is 0 Å². The lowest BCUT2D eigenvalue weighted by molar-refractivity contribution is 0.0458. The topological polar surface area (TPSA) is 48.1 Å². The number of anilines is 1. The highest BCUT2D eigenvalue weighted by Crippen LogP contribution is 2.44. The highest BCUT2D eigenvalue weighted by molar-refractivity contribution is 5.35. The van der Waals surface area contributed by atoms with Crippen LogP contribution >= 0.6 is 0 Å². The number of aromatic nitrogens is 1. The van der Waals surface area contributed by atoms with Crippen LogP contribution in [0.25, 0.3) is 0 Å². The fraction of sp³-hybridized carbons (Fsp3) is 0.615. The van der Waals surface area contributed by atoms with Crippen LogP contribution in [0.5, 0.6) is 5.88 Å². The molecule has 0 saturated heterocycles. The highest BCUT2D eigenvalue weighted by Gasteiger charge is 2.36.